The van der Waals surface area contributed by atoms with Gasteiger partial charge in [0.05, 0.1) is 13.0 Å². The highest BCUT2D eigenvalue weighted by Gasteiger charge is 2.28. The van der Waals surface area contributed by atoms with E-state index >= 15 is 0 Å². The Labute approximate surface area is 111 Å². The van der Waals surface area contributed by atoms with Gasteiger partial charge in [-0.3, -0.25) is 9.69 Å². The maximum atomic E-state index is 11.9. The number of halogens is 3. The van der Waals surface area contributed by atoms with E-state index in [1.54, 1.807) is 0 Å². The second kappa shape index (κ2) is 7.69. The number of carbonyl (C=O) groups excluding carboxylic acids is 1. The smallest absolute Gasteiger partial charge is 0.389 e. The van der Waals surface area contributed by atoms with Crippen LogP contribution < -0.4 is 5.32 Å². The van der Waals surface area contributed by atoms with Crippen LogP contribution in [0.3, 0.4) is 0 Å². The third-order valence-corrected chi connectivity index (χ3v) is 3.32. The van der Waals surface area contributed by atoms with Crippen LogP contribution in [0.2, 0.25) is 0 Å². The highest BCUT2D eigenvalue weighted by molar-refractivity contribution is 5.75. The number of nitrogens with one attached hydrogen (secondary N) is 1. The van der Waals surface area contributed by atoms with E-state index < -0.39 is 24.9 Å². The lowest BCUT2D eigenvalue weighted by Crippen LogP contribution is -2.45. The first-order chi connectivity index (χ1) is 8.92. The molecule has 1 aliphatic heterocycles. The standard InChI is InChI=1S/C12H21F3N2O2/c13-12(14,15)5-4-11(19)16-6-8-17-7-2-1-3-10(17)9-18/h10,18H,1-9H2,(H,16,19)/t10-/m0/s1. The van der Waals surface area contributed by atoms with Crippen LogP contribution in [-0.4, -0.2) is 54.4 Å². The minimum absolute atomic E-state index is 0.0853. The van der Waals surface area contributed by atoms with Crippen molar-refractivity contribution in [3.63, 3.8) is 0 Å². The molecule has 1 amide bonds. The molecule has 0 aromatic rings. The van der Waals surface area contributed by atoms with E-state index in [1.807, 2.05) is 0 Å². The molecular formula is C12H21F3N2O2. The van der Waals surface area contributed by atoms with Crippen LogP contribution in [0.4, 0.5) is 13.2 Å². The van der Waals surface area contributed by atoms with Gasteiger partial charge >= 0.3 is 6.18 Å². The summed E-state index contributed by atoms with van der Waals surface area (Å²) in [7, 11) is 0. The van der Waals surface area contributed by atoms with Crippen molar-refractivity contribution in [2.24, 2.45) is 0 Å². The molecule has 1 saturated heterocycles. The highest BCUT2D eigenvalue weighted by atomic mass is 19.4. The first kappa shape index (κ1) is 16.2. The van der Waals surface area contributed by atoms with Gasteiger partial charge in [-0.15, -0.1) is 0 Å². The van der Waals surface area contributed by atoms with Crippen molar-refractivity contribution in [3.8, 4) is 0 Å². The van der Waals surface area contributed by atoms with E-state index in [9.17, 15) is 23.1 Å². The van der Waals surface area contributed by atoms with Crippen molar-refractivity contribution in [2.45, 2.75) is 44.3 Å². The van der Waals surface area contributed by atoms with Gasteiger partial charge in [-0.1, -0.05) is 6.42 Å². The molecule has 112 valence electrons. The van der Waals surface area contributed by atoms with E-state index in [0.717, 1.165) is 25.8 Å². The summed E-state index contributed by atoms with van der Waals surface area (Å²) in [5.41, 5.74) is 0. The average Bonchev–Trinajstić information content (AvgIpc) is 2.36. The molecule has 1 aliphatic rings. The lowest BCUT2D eigenvalue weighted by molar-refractivity contribution is -0.144. The fraction of sp³-hybridized carbons (Fsp3) is 0.917. The molecule has 0 radical (unpaired) electrons. The lowest BCUT2D eigenvalue weighted by atomic mass is 10.0. The topological polar surface area (TPSA) is 52.6 Å². The van der Waals surface area contributed by atoms with Gasteiger partial charge in [0.2, 0.25) is 5.91 Å². The number of aliphatic hydroxyl groups is 1. The Hall–Kier alpha value is -0.820. The molecule has 0 aromatic carbocycles. The van der Waals surface area contributed by atoms with Crippen molar-refractivity contribution >= 4 is 5.91 Å². The summed E-state index contributed by atoms with van der Waals surface area (Å²) in [6, 6.07) is 0.112. The Morgan fingerprint density at radius 2 is 2.11 bits per heavy atom. The maximum absolute atomic E-state index is 11.9. The molecule has 0 saturated carbocycles. The number of hydrogen-bond donors (Lipinski definition) is 2. The van der Waals surface area contributed by atoms with Gasteiger partial charge < -0.3 is 10.4 Å². The fourth-order valence-electron chi connectivity index (χ4n) is 2.24. The molecule has 1 rings (SSSR count). The molecule has 7 heteroatoms. The molecule has 0 unspecified atom stereocenters. The van der Waals surface area contributed by atoms with Crippen LogP contribution in [0.1, 0.15) is 32.1 Å². The summed E-state index contributed by atoms with van der Waals surface area (Å²) >= 11 is 0. The minimum Gasteiger partial charge on any atom is -0.395 e. The summed E-state index contributed by atoms with van der Waals surface area (Å²) in [4.78, 5) is 13.3. The molecule has 4 nitrogen and oxygen atoms in total. The Kier molecular flexibility index (Phi) is 6.57. The Balaban J connectivity index is 2.16. The van der Waals surface area contributed by atoms with Crippen LogP contribution in [-0.2, 0) is 4.79 Å². The maximum Gasteiger partial charge on any atom is 0.389 e. The van der Waals surface area contributed by atoms with Crippen LogP contribution >= 0.6 is 0 Å². The zero-order valence-electron chi connectivity index (χ0n) is 10.9. The summed E-state index contributed by atoms with van der Waals surface area (Å²) in [6.07, 6.45) is -2.82. The van der Waals surface area contributed by atoms with Gasteiger partial charge in [-0.25, -0.2) is 0 Å². The van der Waals surface area contributed by atoms with Crippen molar-refractivity contribution in [1.82, 2.24) is 10.2 Å². The first-order valence-electron chi connectivity index (χ1n) is 6.61. The van der Waals surface area contributed by atoms with Gasteiger partial charge in [-0.05, 0) is 19.4 Å². The quantitative estimate of drug-likeness (QED) is 0.772. The molecule has 2 N–H and O–H groups in total. The monoisotopic (exact) mass is 282 g/mol. The largest absolute Gasteiger partial charge is 0.395 e. The van der Waals surface area contributed by atoms with E-state index in [1.165, 1.54) is 0 Å². The molecule has 1 heterocycles. The number of aliphatic hydroxyl groups excluding tert-OH is 1. The predicted octanol–water partition coefficient (Wildman–Crippen LogP) is 1.29. The van der Waals surface area contributed by atoms with Gasteiger partial charge in [0.25, 0.3) is 0 Å². The van der Waals surface area contributed by atoms with Gasteiger partial charge in [0, 0.05) is 25.6 Å². The number of hydrogen-bond acceptors (Lipinski definition) is 3. The fourth-order valence-corrected chi connectivity index (χ4v) is 2.24. The first-order valence-corrected chi connectivity index (χ1v) is 6.61. The minimum atomic E-state index is -4.29. The molecular weight excluding hydrogens is 261 g/mol. The lowest BCUT2D eigenvalue weighted by Gasteiger charge is -2.34. The predicted molar refractivity (Wildman–Crippen MR) is 64.6 cm³/mol. The van der Waals surface area contributed by atoms with Gasteiger partial charge in [-0.2, -0.15) is 13.2 Å². The van der Waals surface area contributed by atoms with Crippen LogP contribution in [0.5, 0.6) is 0 Å². The number of alkyl halides is 3. The average molecular weight is 282 g/mol. The summed E-state index contributed by atoms with van der Waals surface area (Å²) < 4.78 is 35.7. The van der Waals surface area contributed by atoms with E-state index in [0.29, 0.717) is 13.1 Å². The number of piperidine rings is 1. The summed E-state index contributed by atoms with van der Waals surface area (Å²) in [5.74, 6) is -0.574. The van der Waals surface area contributed by atoms with E-state index in [2.05, 4.69) is 10.2 Å². The van der Waals surface area contributed by atoms with E-state index in [-0.39, 0.29) is 12.6 Å². The zero-order chi connectivity index (χ0) is 14.3. The number of amides is 1. The van der Waals surface area contributed by atoms with Gasteiger partial charge in [0.1, 0.15) is 0 Å². The van der Waals surface area contributed by atoms with Gasteiger partial charge in [0.15, 0.2) is 0 Å². The van der Waals surface area contributed by atoms with Crippen LogP contribution in [0.25, 0.3) is 0 Å². The summed E-state index contributed by atoms with van der Waals surface area (Å²) in [5, 5.41) is 11.7. The molecule has 1 atom stereocenters. The Morgan fingerprint density at radius 3 is 2.74 bits per heavy atom. The van der Waals surface area contributed by atoms with Crippen molar-refractivity contribution < 1.29 is 23.1 Å². The third kappa shape index (κ3) is 6.77. The molecule has 0 aromatic heterocycles. The normalized spacial score (nSPS) is 21.4. The van der Waals surface area contributed by atoms with Crippen LogP contribution in [0, 0.1) is 0 Å². The van der Waals surface area contributed by atoms with Crippen molar-refractivity contribution in [1.29, 1.82) is 0 Å². The van der Waals surface area contributed by atoms with Crippen molar-refractivity contribution in [2.75, 3.05) is 26.2 Å². The molecule has 0 spiro atoms. The number of likely N-dealkylation sites (tertiary alicyclic amines) is 1. The third-order valence-electron chi connectivity index (χ3n) is 3.32. The van der Waals surface area contributed by atoms with Crippen LogP contribution in [0.15, 0.2) is 0 Å². The Bertz CT molecular complexity index is 285. The van der Waals surface area contributed by atoms with E-state index in [4.69, 9.17) is 0 Å². The zero-order valence-corrected chi connectivity index (χ0v) is 10.9. The number of rotatable bonds is 6. The second-order valence-corrected chi connectivity index (χ2v) is 4.83. The second-order valence-electron chi connectivity index (χ2n) is 4.83. The number of carbonyl (C=O) groups is 1. The molecule has 19 heavy (non-hydrogen) atoms. The molecule has 0 aliphatic carbocycles. The Morgan fingerprint density at radius 1 is 1.37 bits per heavy atom. The highest BCUT2D eigenvalue weighted by Crippen LogP contribution is 2.21. The number of nitrogens with zero attached hydrogens (tertiary/aromatic N) is 1. The molecule has 0 bridgehead atoms. The SMILES string of the molecule is O=C(CCC(F)(F)F)NCCN1CCCC[C@H]1CO. The molecule has 1 fully saturated rings. The van der Waals surface area contributed by atoms with Crippen molar-refractivity contribution in [3.05, 3.63) is 0 Å². The summed E-state index contributed by atoms with van der Waals surface area (Å²) in [6.45, 7) is 1.85.